The van der Waals surface area contributed by atoms with Crippen LogP contribution in [0.15, 0.2) is 0 Å². The molecule has 178 valence electrons. The van der Waals surface area contributed by atoms with Gasteiger partial charge in [-0.25, -0.2) is 0 Å². The molecule has 5 aliphatic rings. The van der Waals surface area contributed by atoms with Crippen molar-refractivity contribution in [1.29, 1.82) is 0 Å². The van der Waals surface area contributed by atoms with Crippen LogP contribution < -0.4 is 0 Å². The second-order valence-corrected chi connectivity index (χ2v) is 13.6. The Bertz CT molecular complexity index is 578. The molecule has 2 heteroatoms. The molecule has 6 atom stereocenters. The molecule has 0 spiro atoms. The van der Waals surface area contributed by atoms with E-state index < -0.39 is 0 Å². The van der Waals surface area contributed by atoms with Crippen LogP contribution in [0.25, 0.3) is 0 Å². The molecule has 1 N–H and O–H groups in total. The highest BCUT2D eigenvalue weighted by Crippen LogP contribution is 2.63. The van der Waals surface area contributed by atoms with Crippen molar-refractivity contribution in [3.8, 4) is 0 Å². The Morgan fingerprint density at radius 2 is 1.03 bits per heavy atom. The minimum atomic E-state index is -0.0265. The van der Waals surface area contributed by atoms with Gasteiger partial charge in [0.2, 0.25) is 0 Å². The van der Waals surface area contributed by atoms with Crippen LogP contribution in [-0.4, -0.2) is 34.2 Å². The van der Waals surface area contributed by atoms with Gasteiger partial charge in [-0.15, -0.1) is 0 Å². The maximum absolute atomic E-state index is 10.4. The molecule has 0 aromatic carbocycles. The zero-order chi connectivity index (χ0) is 21.8. The number of aliphatic hydroxyl groups is 1. The predicted octanol–water partition coefficient (Wildman–Crippen LogP) is 7.05. The van der Waals surface area contributed by atoms with Crippen molar-refractivity contribution in [3.05, 3.63) is 0 Å². The lowest BCUT2D eigenvalue weighted by Gasteiger charge is -2.51. The second-order valence-electron chi connectivity index (χ2n) is 13.6. The lowest BCUT2D eigenvalue weighted by molar-refractivity contribution is -0.0182. The van der Waals surface area contributed by atoms with Crippen LogP contribution in [0, 0.1) is 40.9 Å². The van der Waals surface area contributed by atoms with Gasteiger partial charge in [-0.1, -0.05) is 27.7 Å². The molecular formula is C29H51NO. The van der Waals surface area contributed by atoms with Gasteiger partial charge in [0.05, 0.1) is 6.10 Å². The van der Waals surface area contributed by atoms with Crippen LogP contribution in [0.4, 0.5) is 0 Å². The van der Waals surface area contributed by atoms with E-state index in [2.05, 4.69) is 32.6 Å². The van der Waals surface area contributed by atoms with E-state index in [0.717, 1.165) is 66.5 Å². The summed E-state index contributed by atoms with van der Waals surface area (Å²) >= 11 is 0. The van der Waals surface area contributed by atoms with Crippen molar-refractivity contribution in [2.24, 2.45) is 40.9 Å². The number of hydrogen-bond acceptors (Lipinski definition) is 2. The van der Waals surface area contributed by atoms with E-state index in [4.69, 9.17) is 0 Å². The van der Waals surface area contributed by atoms with Gasteiger partial charge in [-0.05, 0) is 131 Å². The zero-order valence-electron chi connectivity index (χ0n) is 21.1. The van der Waals surface area contributed by atoms with Crippen LogP contribution >= 0.6 is 0 Å². The molecule has 6 unspecified atom stereocenters. The van der Waals surface area contributed by atoms with Gasteiger partial charge in [-0.3, -0.25) is 4.90 Å². The van der Waals surface area contributed by atoms with Crippen LogP contribution in [-0.2, 0) is 0 Å². The van der Waals surface area contributed by atoms with Gasteiger partial charge >= 0.3 is 0 Å². The van der Waals surface area contributed by atoms with Gasteiger partial charge in [0.15, 0.2) is 0 Å². The van der Waals surface area contributed by atoms with E-state index in [0.29, 0.717) is 5.41 Å². The second kappa shape index (κ2) is 8.94. The Hall–Kier alpha value is -0.0800. The first-order valence-corrected chi connectivity index (χ1v) is 14.3. The summed E-state index contributed by atoms with van der Waals surface area (Å²) in [6, 6.07) is 2.57. The Balaban J connectivity index is 1.35. The monoisotopic (exact) mass is 429 g/mol. The van der Waals surface area contributed by atoms with Crippen LogP contribution in [0.3, 0.4) is 0 Å². The van der Waals surface area contributed by atoms with E-state index in [1.54, 1.807) is 0 Å². The molecule has 0 aromatic rings. The van der Waals surface area contributed by atoms with Crippen molar-refractivity contribution in [1.82, 2.24) is 4.90 Å². The quantitative estimate of drug-likeness (QED) is 0.519. The Morgan fingerprint density at radius 3 is 1.58 bits per heavy atom. The summed E-state index contributed by atoms with van der Waals surface area (Å²) in [5.41, 5.74) is 0.420. The fraction of sp³-hybridized carbons (Fsp3) is 1.00. The summed E-state index contributed by atoms with van der Waals surface area (Å²) < 4.78 is 0. The molecule has 2 nitrogen and oxygen atoms in total. The van der Waals surface area contributed by atoms with Gasteiger partial charge < -0.3 is 5.11 Å². The average Bonchev–Trinajstić information content (AvgIpc) is 2.97. The molecule has 0 radical (unpaired) electrons. The molecule has 0 saturated heterocycles. The standard InChI is InChI=1S/C29H51NO/c1-19-5-9-21(10-6-19)30(22-11-7-20(2)8-12-22)23-13-15-25-26-16-14-24(31)18-28(26)29(3,4)27(25)17-23/h19-28,31H,5-18H2,1-4H3. The first kappa shape index (κ1) is 22.7. The largest absolute Gasteiger partial charge is 0.393 e. The zero-order valence-corrected chi connectivity index (χ0v) is 21.1. The Kier molecular flexibility index (Phi) is 6.54. The van der Waals surface area contributed by atoms with Gasteiger partial charge in [-0.2, -0.15) is 0 Å². The predicted molar refractivity (Wildman–Crippen MR) is 130 cm³/mol. The van der Waals surface area contributed by atoms with E-state index in [-0.39, 0.29) is 6.10 Å². The maximum Gasteiger partial charge on any atom is 0.0543 e. The van der Waals surface area contributed by atoms with E-state index in [1.807, 2.05) is 0 Å². The summed E-state index contributed by atoms with van der Waals surface area (Å²) in [4.78, 5) is 3.17. The lowest BCUT2D eigenvalue weighted by atomic mass is 9.66. The number of nitrogens with zero attached hydrogens (tertiary/aromatic N) is 1. The number of hydrogen-bond donors (Lipinski definition) is 1. The molecule has 0 amide bonds. The normalized spacial score (nSPS) is 50.1. The summed E-state index contributed by atoms with van der Waals surface area (Å²) in [6.45, 7) is 10.1. The first-order valence-electron chi connectivity index (χ1n) is 14.3. The molecule has 5 rings (SSSR count). The van der Waals surface area contributed by atoms with Gasteiger partial charge in [0, 0.05) is 18.1 Å². The van der Waals surface area contributed by atoms with Crippen molar-refractivity contribution in [2.75, 3.05) is 0 Å². The van der Waals surface area contributed by atoms with Crippen LogP contribution in [0.5, 0.6) is 0 Å². The van der Waals surface area contributed by atoms with Crippen molar-refractivity contribution in [2.45, 2.75) is 142 Å². The highest BCUT2D eigenvalue weighted by Gasteiger charge is 2.58. The van der Waals surface area contributed by atoms with Crippen molar-refractivity contribution < 1.29 is 5.11 Å². The molecule has 5 aliphatic carbocycles. The molecule has 5 saturated carbocycles. The Labute approximate surface area is 192 Å². The molecule has 0 bridgehead atoms. The SMILES string of the molecule is CC1CCC(N(C2CCC(C)CC2)C2CCC3C4CCC(O)CC4C(C)(C)C3C2)CC1. The maximum atomic E-state index is 10.4. The first-order chi connectivity index (χ1) is 14.8. The molecule has 0 aromatic heterocycles. The molecule has 0 aliphatic heterocycles. The lowest BCUT2D eigenvalue weighted by Crippen LogP contribution is -2.54. The molecule has 0 heterocycles. The molecule has 31 heavy (non-hydrogen) atoms. The minimum Gasteiger partial charge on any atom is -0.393 e. The topological polar surface area (TPSA) is 23.5 Å². The molecular weight excluding hydrogens is 378 g/mol. The van der Waals surface area contributed by atoms with E-state index in [1.165, 1.54) is 77.0 Å². The fourth-order valence-electron chi connectivity index (χ4n) is 9.60. The van der Waals surface area contributed by atoms with E-state index >= 15 is 0 Å². The Morgan fingerprint density at radius 1 is 0.581 bits per heavy atom. The van der Waals surface area contributed by atoms with Crippen LogP contribution in [0.2, 0.25) is 0 Å². The van der Waals surface area contributed by atoms with Gasteiger partial charge in [0.1, 0.15) is 0 Å². The summed E-state index contributed by atoms with van der Waals surface area (Å²) in [6.07, 6.45) is 19.5. The number of aliphatic hydroxyl groups excluding tert-OH is 1. The fourth-order valence-corrected chi connectivity index (χ4v) is 9.60. The minimum absolute atomic E-state index is 0.0265. The highest BCUT2D eigenvalue weighted by molar-refractivity contribution is 5.08. The van der Waals surface area contributed by atoms with Gasteiger partial charge in [0.25, 0.3) is 0 Å². The van der Waals surface area contributed by atoms with Crippen LogP contribution in [0.1, 0.15) is 118 Å². The third-order valence-corrected chi connectivity index (χ3v) is 11.4. The number of rotatable bonds is 3. The van der Waals surface area contributed by atoms with Crippen molar-refractivity contribution in [3.63, 3.8) is 0 Å². The highest BCUT2D eigenvalue weighted by atomic mass is 16.3. The summed E-state index contributed by atoms with van der Waals surface area (Å²) in [5, 5.41) is 10.4. The molecule has 5 fully saturated rings. The smallest absolute Gasteiger partial charge is 0.0543 e. The average molecular weight is 430 g/mol. The number of fused-ring (bicyclic) bond motifs is 3. The summed E-state index contributed by atoms with van der Waals surface area (Å²) in [7, 11) is 0. The van der Waals surface area contributed by atoms with Crippen molar-refractivity contribution >= 4 is 0 Å². The third-order valence-electron chi connectivity index (χ3n) is 11.4. The van der Waals surface area contributed by atoms with E-state index in [9.17, 15) is 5.11 Å². The summed E-state index contributed by atoms with van der Waals surface area (Å²) in [5.74, 6) is 5.41. The third kappa shape index (κ3) is 4.27.